The Bertz CT molecular complexity index is 884. The Morgan fingerprint density at radius 2 is 1.89 bits per heavy atom. The van der Waals surface area contributed by atoms with E-state index in [1.807, 2.05) is 0 Å². The van der Waals surface area contributed by atoms with Crippen molar-refractivity contribution in [3.05, 3.63) is 57.3 Å². The Labute approximate surface area is 175 Å². The number of benzene rings is 1. The summed E-state index contributed by atoms with van der Waals surface area (Å²) in [7, 11) is 2.47. The molecule has 0 saturated heterocycles. The van der Waals surface area contributed by atoms with E-state index in [9.17, 15) is 18.4 Å². The number of ether oxygens (including phenoxy) is 1. The van der Waals surface area contributed by atoms with Gasteiger partial charge < -0.3 is 9.64 Å². The summed E-state index contributed by atoms with van der Waals surface area (Å²) in [5, 5.41) is 0.214. The number of aromatic nitrogens is 1. The predicted molar refractivity (Wildman–Crippen MR) is 106 cm³/mol. The number of alkyl halides is 2. The van der Waals surface area contributed by atoms with Crippen LogP contribution in [0.4, 0.5) is 14.5 Å². The second kappa shape index (κ2) is 10.0. The lowest BCUT2D eigenvalue weighted by molar-refractivity contribution is -0.128. The van der Waals surface area contributed by atoms with E-state index in [-0.39, 0.29) is 21.4 Å². The zero-order chi connectivity index (χ0) is 20.8. The molecule has 150 valence electrons. The summed E-state index contributed by atoms with van der Waals surface area (Å²) in [6.45, 7) is 0. The van der Waals surface area contributed by atoms with Gasteiger partial charge in [0.25, 0.3) is 5.91 Å². The van der Waals surface area contributed by atoms with Gasteiger partial charge in [-0.2, -0.15) is 20.5 Å². The molecule has 1 amide bonds. The lowest BCUT2D eigenvalue weighted by Gasteiger charge is -2.21. The second-order valence-corrected chi connectivity index (χ2v) is 7.33. The Hall–Kier alpha value is -1.90. The monoisotopic (exact) mass is 448 g/mol. The minimum Gasteiger partial charge on any atom is -0.464 e. The van der Waals surface area contributed by atoms with E-state index in [4.69, 9.17) is 27.9 Å². The summed E-state index contributed by atoms with van der Waals surface area (Å²) >= 11 is 13.8. The average molecular weight is 449 g/mol. The molecule has 0 aliphatic carbocycles. The molecule has 0 bridgehead atoms. The second-order valence-electron chi connectivity index (χ2n) is 5.56. The van der Waals surface area contributed by atoms with Gasteiger partial charge in [-0.1, -0.05) is 35.3 Å². The minimum atomic E-state index is -3.17. The van der Waals surface area contributed by atoms with Crippen molar-refractivity contribution in [2.75, 3.05) is 19.1 Å². The number of hydrogen-bond acceptors (Lipinski definition) is 5. The fraction of sp³-hybridized carbons (Fsp3) is 0.278. The summed E-state index contributed by atoms with van der Waals surface area (Å²) in [5.74, 6) is -1.09. The van der Waals surface area contributed by atoms with Crippen LogP contribution in [0.1, 0.15) is 21.6 Å². The molecule has 10 heteroatoms. The summed E-state index contributed by atoms with van der Waals surface area (Å²) in [6, 6.07) is 6.63. The van der Waals surface area contributed by atoms with Crippen molar-refractivity contribution in [1.82, 2.24) is 4.98 Å². The molecule has 28 heavy (non-hydrogen) atoms. The van der Waals surface area contributed by atoms with E-state index in [1.54, 1.807) is 18.2 Å². The standard InChI is InChI=1S/C18H16Cl2F2N2O3S/c1-24(17(25)16(21)22)15-12(19)6-5-10(13(15)20)8-28-9-11-4-3-7-23-14(11)18(26)27-2/h3-7,16H,8-9H2,1-2H3. The van der Waals surface area contributed by atoms with Crippen molar-refractivity contribution in [3.63, 3.8) is 0 Å². The van der Waals surface area contributed by atoms with Gasteiger partial charge in [-0.05, 0) is 23.3 Å². The number of thioether (sulfide) groups is 1. The highest BCUT2D eigenvalue weighted by atomic mass is 35.5. The predicted octanol–water partition coefficient (Wildman–Crippen LogP) is 4.84. The maximum atomic E-state index is 12.7. The minimum absolute atomic E-state index is 0.0309. The first-order valence-electron chi connectivity index (χ1n) is 7.90. The zero-order valence-corrected chi connectivity index (χ0v) is 17.2. The summed E-state index contributed by atoms with van der Waals surface area (Å²) in [4.78, 5) is 28.1. The van der Waals surface area contributed by atoms with Crippen LogP contribution in [-0.4, -0.2) is 37.4 Å². The number of nitrogens with zero attached hydrogens (tertiary/aromatic N) is 2. The molecule has 2 rings (SSSR count). The van der Waals surface area contributed by atoms with Crippen molar-refractivity contribution in [2.24, 2.45) is 0 Å². The van der Waals surface area contributed by atoms with Crippen LogP contribution in [0.15, 0.2) is 30.5 Å². The summed E-state index contributed by atoms with van der Waals surface area (Å²) < 4.78 is 30.2. The maximum Gasteiger partial charge on any atom is 0.356 e. The Kier molecular flexibility index (Phi) is 8.03. The molecular weight excluding hydrogens is 433 g/mol. The Morgan fingerprint density at radius 1 is 1.21 bits per heavy atom. The molecule has 0 N–H and O–H groups in total. The summed E-state index contributed by atoms with van der Waals surface area (Å²) in [5.41, 5.74) is 1.56. The van der Waals surface area contributed by atoms with Crippen LogP contribution >= 0.6 is 35.0 Å². The van der Waals surface area contributed by atoms with E-state index in [0.29, 0.717) is 22.6 Å². The lowest BCUT2D eigenvalue weighted by Crippen LogP contribution is -2.32. The van der Waals surface area contributed by atoms with Gasteiger partial charge in [0.15, 0.2) is 5.69 Å². The van der Waals surface area contributed by atoms with Gasteiger partial charge in [0.1, 0.15) is 0 Å². The fourth-order valence-electron chi connectivity index (χ4n) is 2.36. The molecule has 0 aliphatic heterocycles. The average Bonchev–Trinajstić information content (AvgIpc) is 2.68. The first-order chi connectivity index (χ1) is 13.3. The first-order valence-corrected chi connectivity index (χ1v) is 9.81. The third-order valence-corrected chi connectivity index (χ3v) is 5.54. The molecule has 0 saturated carbocycles. The van der Waals surface area contributed by atoms with Crippen LogP contribution in [0, 0.1) is 0 Å². The molecule has 0 aliphatic rings. The number of carbonyl (C=O) groups excluding carboxylic acids is 2. The van der Waals surface area contributed by atoms with Gasteiger partial charge in [-0.15, -0.1) is 0 Å². The number of carbonyl (C=O) groups is 2. The number of rotatable bonds is 7. The third kappa shape index (κ3) is 5.12. The van der Waals surface area contributed by atoms with Crippen LogP contribution in [0.3, 0.4) is 0 Å². The molecule has 0 fully saturated rings. The Morgan fingerprint density at radius 3 is 2.54 bits per heavy atom. The highest BCUT2D eigenvalue weighted by Gasteiger charge is 2.25. The quantitative estimate of drug-likeness (QED) is 0.567. The van der Waals surface area contributed by atoms with E-state index >= 15 is 0 Å². The van der Waals surface area contributed by atoms with Crippen molar-refractivity contribution in [3.8, 4) is 0 Å². The van der Waals surface area contributed by atoms with Gasteiger partial charge in [-0.25, -0.2) is 9.78 Å². The van der Waals surface area contributed by atoms with Crippen molar-refractivity contribution in [2.45, 2.75) is 17.9 Å². The molecule has 2 aromatic rings. The number of methoxy groups -OCH3 is 1. The van der Waals surface area contributed by atoms with E-state index in [2.05, 4.69) is 4.98 Å². The number of anilines is 1. The third-order valence-electron chi connectivity index (χ3n) is 3.78. The smallest absolute Gasteiger partial charge is 0.356 e. The molecule has 0 unspecified atom stereocenters. The van der Waals surface area contributed by atoms with E-state index < -0.39 is 18.3 Å². The molecule has 0 atom stereocenters. The molecule has 1 aromatic heterocycles. The number of hydrogen-bond donors (Lipinski definition) is 0. The van der Waals surface area contributed by atoms with Crippen LogP contribution in [0.2, 0.25) is 10.0 Å². The molecule has 1 heterocycles. The molecule has 1 aromatic carbocycles. The highest BCUT2D eigenvalue weighted by Crippen LogP contribution is 2.38. The van der Waals surface area contributed by atoms with Crippen LogP contribution < -0.4 is 4.90 Å². The number of esters is 1. The van der Waals surface area contributed by atoms with Gasteiger partial charge in [0.2, 0.25) is 0 Å². The van der Waals surface area contributed by atoms with Crippen molar-refractivity contribution in [1.29, 1.82) is 0 Å². The van der Waals surface area contributed by atoms with Crippen LogP contribution in [0.25, 0.3) is 0 Å². The number of halogens is 4. The van der Waals surface area contributed by atoms with Crippen molar-refractivity contribution < 1.29 is 23.1 Å². The Balaban J connectivity index is 2.17. The van der Waals surface area contributed by atoms with E-state index in [1.165, 1.54) is 38.2 Å². The highest BCUT2D eigenvalue weighted by molar-refractivity contribution is 7.97. The summed E-state index contributed by atoms with van der Waals surface area (Å²) in [6.07, 6.45) is -1.67. The molecule has 5 nitrogen and oxygen atoms in total. The van der Waals surface area contributed by atoms with Gasteiger partial charge in [-0.3, -0.25) is 4.79 Å². The fourth-order valence-corrected chi connectivity index (χ4v) is 4.15. The largest absolute Gasteiger partial charge is 0.464 e. The molecule has 0 spiro atoms. The molecule has 0 radical (unpaired) electrons. The van der Waals surface area contributed by atoms with E-state index in [0.717, 1.165) is 4.90 Å². The van der Waals surface area contributed by atoms with Crippen molar-refractivity contribution >= 4 is 52.5 Å². The van der Waals surface area contributed by atoms with Crippen LogP contribution in [-0.2, 0) is 21.0 Å². The zero-order valence-electron chi connectivity index (χ0n) is 14.9. The first kappa shape index (κ1) is 22.4. The maximum absolute atomic E-state index is 12.7. The lowest BCUT2D eigenvalue weighted by atomic mass is 10.2. The van der Waals surface area contributed by atoms with Gasteiger partial charge in [0.05, 0.1) is 22.8 Å². The van der Waals surface area contributed by atoms with Gasteiger partial charge >= 0.3 is 12.4 Å². The molecular formula is C18H16Cl2F2N2O3S. The topological polar surface area (TPSA) is 59.5 Å². The normalized spacial score (nSPS) is 10.8. The number of pyridine rings is 1. The van der Waals surface area contributed by atoms with Crippen LogP contribution in [0.5, 0.6) is 0 Å². The van der Waals surface area contributed by atoms with Gasteiger partial charge in [0, 0.05) is 24.8 Å². The SMILES string of the molecule is COC(=O)c1ncccc1CSCc1ccc(Cl)c(N(C)C(=O)C(F)F)c1Cl. The number of amides is 1.